The first kappa shape index (κ1) is 18.1. The molecule has 2 aromatic carbocycles. The third-order valence-corrected chi connectivity index (χ3v) is 6.66. The number of carbonyl (C=O) groups excluding carboxylic acids is 1. The lowest BCUT2D eigenvalue weighted by Crippen LogP contribution is -2.27. The van der Waals surface area contributed by atoms with Crippen LogP contribution in [0.4, 0.5) is 5.69 Å². The van der Waals surface area contributed by atoms with E-state index in [9.17, 15) is 13.2 Å². The van der Waals surface area contributed by atoms with Gasteiger partial charge in [-0.15, -0.1) is 0 Å². The molecular weight excluding hydrogens is 382 g/mol. The van der Waals surface area contributed by atoms with Crippen LogP contribution in [0, 0.1) is 6.92 Å². The number of carbonyl (C=O) groups is 1. The number of anilines is 1. The van der Waals surface area contributed by atoms with Crippen molar-refractivity contribution in [2.24, 2.45) is 0 Å². The number of benzene rings is 2. The van der Waals surface area contributed by atoms with Crippen molar-refractivity contribution < 1.29 is 13.2 Å². The number of imidazole rings is 1. The van der Waals surface area contributed by atoms with E-state index in [1.807, 2.05) is 31.2 Å². The topological polar surface area (TPSA) is 83.1 Å². The SMILES string of the molecule is Cc1ccc2nc(SCC(=O)c3ccc4c(c3)CCN4S(C)(=O)=O)[nH]c2c1. The standard InChI is InChI=1S/C19H19N3O3S2/c1-12-3-5-15-16(9-12)21-19(20-15)26-11-18(23)14-4-6-17-13(10-14)7-8-22(17)27(2,24)25/h3-6,9-10H,7-8,11H2,1-2H3,(H,20,21). The Morgan fingerprint density at radius 1 is 1.26 bits per heavy atom. The number of hydrogen-bond donors (Lipinski definition) is 1. The van der Waals surface area contributed by atoms with Crippen molar-refractivity contribution in [3.8, 4) is 0 Å². The lowest BCUT2D eigenvalue weighted by Gasteiger charge is -2.16. The largest absolute Gasteiger partial charge is 0.333 e. The van der Waals surface area contributed by atoms with Gasteiger partial charge < -0.3 is 4.98 Å². The molecule has 0 fully saturated rings. The highest BCUT2D eigenvalue weighted by Gasteiger charge is 2.26. The van der Waals surface area contributed by atoms with Gasteiger partial charge in [-0.2, -0.15) is 0 Å². The Balaban J connectivity index is 1.48. The summed E-state index contributed by atoms with van der Waals surface area (Å²) in [5.74, 6) is 0.269. The van der Waals surface area contributed by atoms with Crippen LogP contribution in [0.5, 0.6) is 0 Å². The lowest BCUT2D eigenvalue weighted by molar-refractivity contribution is 0.102. The third-order valence-electron chi connectivity index (χ3n) is 4.61. The Hall–Kier alpha value is -2.32. The van der Waals surface area contributed by atoms with Crippen molar-refractivity contribution in [2.45, 2.75) is 18.5 Å². The van der Waals surface area contributed by atoms with Crippen molar-refractivity contribution in [3.63, 3.8) is 0 Å². The fraction of sp³-hybridized carbons (Fsp3) is 0.263. The Bertz CT molecular complexity index is 1150. The van der Waals surface area contributed by atoms with Gasteiger partial charge in [-0.3, -0.25) is 9.10 Å². The summed E-state index contributed by atoms with van der Waals surface area (Å²) in [5, 5.41) is 0.716. The van der Waals surface area contributed by atoms with Crippen molar-refractivity contribution >= 4 is 44.3 Å². The number of H-pyrrole nitrogens is 1. The molecule has 0 saturated heterocycles. The smallest absolute Gasteiger partial charge is 0.232 e. The molecule has 1 aromatic heterocycles. The number of aryl methyl sites for hydroxylation is 1. The molecule has 6 nitrogen and oxygen atoms in total. The van der Waals surface area contributed by atoms with E-state index in [2.05, 4.69) is 9.97 Å². The number of rotatable bonds is 5. The minimum Gasteiger partial charge on any atom is -0.333 e. The monoisotopic (exact) mass is 401 g/mol. The molecule has 1 N–H and O–H groups in total. The quantitative estimate of drug-likeness (QED) is 0.524. The molecule has 2 heterocycles. The van der Waals surface area contributed by atoms with Gasteiger partial charge in [0.1, 0.15) is 0 Å². The number of ketones is 1. The molecule has 4 rings (SSSR count). The van der Waals surface area contributed by atoms with Gasteiger partial charge in [0, 0.05) is 12.1 Å². The molecule has 3 aromatic rings. The zero-order chi connectivity index (χ0) is 19.2. The summed E-state index contributed by atoms with van der Waals surface area (Å²) in [6.07, 6.45) is 1.83. The Kier molecular flexibility index (Phi) is 4.47. The highest BCUT2D eigenvalue weighted by molar-refractivity contribution is 7.99. The van der Waals surface area contributed by atoms with E-state index < -0.39 is 10.0 Å². The predicted octanol–water partition coefficient (Wildman–Crippen LogP) is 3.17. The van der Waals surface area contributed by atoms with Crippen LogP contribution in [0.2, 0.25) is 0 Å². The molecule has 0 aliphatic carbocycles. The molecule has 0 bridgehead atoms. The van der Waals surface area contributed by atoms with Gasteiger partial charge in [-0.1, -0.05) is 17.8 Å². The fourth-order valence-electron chi connectivity index (χ4n) is 3.28. The maximum Gasteiger partial charge on any atom is 0.232 e. The van der Waals surface area contributed by atoms with Gasteiger partial charge in [0.05, 0.1) is 28.7 Å². The molecule has 1 aliphatic rings. The van der Waals surface area contributed by atoms with Gasteiger partial charge in [-0.05, 0) is 54.8 Å². The van der Waals surface area contributed by atoms with E-state index in [0.717, 1.165) is 22.2 Å². The van der Waals surface area contributed by atoms with Crippen LogP contribution in [-0.4, -0.2) is 42.7 Å². The minimum absolute atomic E-state index is 0.00255. The summed E-state index contributed by atoms with van der Waals surface area (Å²) in [6.45, 7) is 2.45. The summed E-state index contributed by atoms with van der Waals surface area (Å²) in [7, 11) is -3.28. The molecule has 140 valence electrons. The Morgan fingerprint density at radius 2 is 2.07 bits per heavy atom. The molecule has 0 atom stereocenters. The zero-order valence-electron chi connectivity index (χ0n) is 15.0. The molecule has 0 unspecified atom stereocenters. The number of aromatic nitrogens is 2. The average Bonchev–Trinajstić information content (AvgIpc) is 3.21. The second-order valence-electron chi connectivity index (χ2n) is 6.70. The summed E-state index contributed by atoms with van der Waals surface area (Å²) in [5.41, 5.74) is 5.17. The van der Waals surface area contributed by atoms with Crippen molar-refractivity contribution in [1.29, 1.82) is 0 Å². The van der Waals surface area contributed by atoms with Crippen molar-refractivity contribution in [2.75, 3.05) is 22.9 Å². The summed E-state index contributed by atoms with van der Waals surface area (Å²) >= 11 is 1.37. The van der Waals surface area contributed by atoms with E-state index in [1.165, 1.54) is 22.3 Å². The second-order valence-corrected chi connectivity index (χ2v) is 9.57. The highest BCUT2D eigenvalue weighted by atomic mass is 32.2. The highest BCUT2D eigenvalue weighted by Crippen LogP contribution is 2.31. The maximum absolute atomic E-state index is 12.6. The first-order chi connectivity index (χ1) is 12.8. The van der Waals surface area contributed by atoms with Gasteiger partial charge in [0.25, 0.3) is 0 Å². The Labute approximate surface area is 162 Å². The lowest BCUT2D eigenvalue weighted by atomic mass is 10.1. The molecule has 0 radical (unpaired) electrons. The van der Waals surface area contributed by atoms with Crippen LogP contribution < -0.4 is 4.31 Å². The van der Waals surface area contributed by atoms with E-state index >= 15 is 0 Å². The average molecular weight is 402 g/mol. The maximum atomic E-state index is 12.6. The molecular formula is C19H19N3O3S2. The van der Waals surface area contributed by atoms with Crippen LogP contribution in [0.3, 0.4) is 0 Å². The fourth-order valence-corrected chi connectivity index (χ4v) is 5.01. The molecule has 8 heteroatoms. The number of thioether (sulfide) groups is 1. The zero-order valence-corrected chi connectivity index (χ0v) is 16.7. The second kappa shape index (κ2) is 6.69. The number of Topliss-reactive ketones (excluding diaryl/α,β-unsaturated/α-hetero) is 1. The summed E-state index contributed by atoms with van der Waals surface area (Å²) < 4.78 is 25.0. The van der Waals surface area contributed by atoms with E-state index in [4.69, 9.17) is 0 Å². The number of aromatic amines is 1. The molecule has 0 amide bonds. The minimum atomic E-state index is -3.28. The van der Waals surface area contributed by atoms with Crippen LogP contribution in [-0.2, 0) is 16.4 Å². The van der Waals surface area contributed by atoms with Gasteiger partial charge in [-0.25, -0.2) is 13.4 Å². The van der Waals surface area contributed by atoms with E-state index in [-0.39, 0.29) is 11.5 Å². The summed E-state index contributed by atoms with van der Waals surface area (Å²) in [4.78, 5) is 20.3. The first-order valence-corrected chi connectivity index (χ1v) is 11.4. The van der Waals surface area contributed by atoms with E-state index in [1.54, 1.807) is 12.1 Å². The van der Waals surface area contributed by atoms with Gasteiger partial charge in [0.15, 0.2) is 10.9 Å². The van der Waals surface area contributed by atoms with Crippen LogP contribution >= 0.6 is 11.8 Å². The number of fused-ring (bicyclic) bond motifs is 2. The van der Waals surface area contributed by atoms with E-state index in [0.29, 0.717) is 29.4 Å². The summed E-state index contributed by atoms with van der Waals surface area (Å²) in [6, 6.07) is 11.2. The predicted molar refractivity (Wildman–Crippen MR) is 108 cm³/mol. The van der Waals surface area contributed by atoms with Crippen LogP contribution in [0.15, 0.2) is 41.6 Å². The molecule has 0 spiro atoms. The molecule has 27 heavy (non-hydrogen) atoms. The molecule has 0 saturated carbocycles. The van der Waals surface area contributed by atoms with Crippen LogP contribution in [0.1, 0.15) is 21.5 Å². The molecule has 1 aliphatic heterocycles. The Morgan fingerprint density at radius 3 is 2.85 bits per heavy atom. The van der Waals surface area contributed by atoms with Gasteiger partial charge >= 0.3 is 0 Å². The van der Waals surface area contributed by atoms with Gasteiger partial charge in [0.2, 0.25) is 10.0 Å². The normalized spacial score (nSPS) is 13.9. The third kappa shape index (κ3) is 3.59. The van der Waals surface area contributed by atoms with Crippen molar-refractivity contribution in [1.82, 2.24) is 9.97 Å². The number of sulfonamides is 1. The van der Waals surface area contributed by atoms with Crippen LogP contribution in [0.25, 0.3) is 11.0 Å². The number of nitrogens with one attached hydrogen (secondary N) is 1. The number of hydrogen-bond acceptors (Lipinski definition) is 5. The first-order valence-electron chi connectivity index (χ1n) is 8.54. The number of nitrogens with zero attached hydrogens (tertiary/aromatic N) is 2. The van der Waals surface area contributed by atoms with Crippen molar-refractivity contribution in [3.05, 3.63) is 53.1 Å².